The average molecular weight is 112 g/mol. The van der Waals surface area contributed by atoms with Gasteiger partial charge in [-0.05, 0) is 5.92 Å². The molecule has 0 amide bonds. The topological polar surface area (TPSA) is 21.6 Å². The summed E-state index contributed by atoms with van der Waals surface area (Å²) in [4.78, 5) is 3.96. The number of rotatable bonds is 1. The Morgan fingerprint density at radius 1 is 1.75 bits per heavy atom. The van der Waals surface area contributed by atoms with Gasteiger partial charge in [-0.15, -0.1) is 0 Å². The summed E-state index contributed by atoms with van der Waals surface area (Å²) in [5.41, 5.74) is 0. The first-order chi connectivity index (χ1) is 3.80. The van der Waals surface area contributed by atoms with Crippen LogP contribution in [0.4, 0.5) is 0 Å². The summed E-state index contributed by atoms with van der Waals surface area (Å²) in [5.74, 6) is 0.588. The van der Waals surface area contributed by atoms with Crippen LogP contribution in [0.1, 0.15) is 13.8 Å². The molecule has 0 aliphatic carbocycles. The minimum absolute atomic E-state index is 0.356. The van der Waals surface area contributed by atoms with Crippen LogP contribution in [0.2, 0.25) is 0 Å². The number of nitrogens with zero attached hydrogens (tertiary/aromatic N) is 1. The predicted octanol–water partition coefficient (Wildman–Crippen LogP) is 0.947. The molecule has 1 radical (unpaired) electrons. The lowest BCUT2D eigenvalue weighted by Crippen LogP contribution is -2.13. The molecule has 1 aliphatic rings. The summed E-state index contributed by atoms with van der Waals surface area (Å²) >= 11 is 0. The first kappa shape index (κ1) is 5.60. The second-order valence-corrected chi connectivity index (χ2v) is 2.34. The first-order valence-electron chi connectivity index (χ1n) is 2.87. The third kappa shape index (κ3) is 0.997. The molecular formula is C6H10NO. The highest BCUT2D eigenvalue weighted by atomic mass is 16.5. The van der Waals surface area contributed by atoms with E-state index in [4.69, 9.17) is 4.74 Å². The van der Waals surface area contributed by atoms with Crippen LogP contribution in [-0.4, -0.2) is 19.0 Å². The molecule has 0 spiro atoms. The van der Waals surface area contributed by atoms with Gasteiger partial charge in [0.15, 0.2) is 0 Å². The van der Waals surface area contributed by atoms with Crippen LogP contribution < -0.4 is 0 Å². The van der Waals surface area contributed by atoms with Gasteiger partial charge < -0.3 is 4.74 Å². The van der Waals surface area contributed by atoms with E-state index in [9.17, 15) is 0 Å². The quantitative estimate of drug-likeness (QED) is 0.495. The summed E-state index contributed by atoms with van der Waals surface area (Å²) in [5, 5.41) is 0. The lowest BCUT2D eigenvalue weighted by molar-refractivity contribution is 0.299. The summed E-state index contributed by atoms with van der Waals surface area (Å²) in [6.07, 6.45) is 2.48. The summed E-state index contributed by atoms with van der Waals surface area (Å²) in [6.45, 7) is 4.98. The molecule has 2 heteroatoms. The van der Waals surface area contributed by atoms with Gasteiger partial charge in [-0.2, -0.15) is 0 Å². The van der Waals surface area contributed by atoms with Crippen molar-refractivity contribution in [3.8, 4) is 0 Å². The van der Waals surface area contributed by atoms with Gasteiger partial charge in [-0.3, -0.25) is 0 Å². The first-order valence-corrected chi connectivity index (χ1v) is 2.87. The van der Waals surface area contributed by atoms with E-state index >= 15 is 0 Å². The van der Waals surface area contributed by atoms with Crippen LogP contribution in [0.25, 0.3) is 0 Å². The molecule has 0 bridgehead atoms. The van der Waals surface area contributed by atoms with Crippen LogP contribution in [-0.2, 0) is 4.74 Å². The fourth-order valence-corrected chi connectivity index (χ4v) is 0.606. The van der Waals surface area contributed by atoms with Crippen molar-refractivity contribution < 1.29 is 4.74 Å². The molecule has 1 heterocycles. The second kappa shape index (κ2) is 2.16. The number of ether oxygens (including phenoxy) is 1. The van der Waals surface area contributed by atoms with Gasteiger partial charge in [0.2, 0.25) is 0 Å². The molecule has 1 unspecified atom stereocenters. The second-order valence-electron chi connectivity index (χ2n) is 2.34. The largest absolute Gasteiger partial charge is 0.472 e. The third-order valence-electron chi connectivity index (χ3n) is 1.31. The maximum Gasteiger partial charge on any atom is 0.273 e. The Balaban J connectivity index is 2.36. The fraction of sp³-hybridized carbons (Fsp3) is 0.833. The molecule has 1 rings (SSSR count). The number of hydrogen-bond donors (Lipinski definition) is 0. The van der Waals surface area contributed by atoms with Crippen molar-refractivity contribution in [2.24, 2.45) is 10.9 Å². The van der Waals surface area contributed by atoms with Gasteiger partial charge in [0.05, 0.1) is 6.04 Å². The highest BCUT2D eigenvalue weighted by molar-refractivity contribution is 5.48. The van der Waals surface area contributed by atoms with Crippen molar-refractivity contribution in [3.63, 3.8) is 0 Å². The molecule has 0 aromatic rings. The molecule has 0 saturated carbocycles. The van der Waals surface area contributed by atoms with E-state index in [1.54, 1.807) is 0 Å². The summed E-state index contributed by atoms with van der Waals surface area (Å²) in [6, 6.07) is 0.356. The Kier molecular flexibility index (Phi) is 1.51. The van der Waals surface area contributed by atoms with Crippen LogP contribution in [0.3, 0.4) is 0 Å². The van der Waals surface area contributed by atoms with Crippen molar-refractivity contribution in [1.82, 2.24) is 0 Å². The van der Waals surface area contributed by atoms with Crippen LogP contribution >= 0.6 is 0 Å². The number of hydrogen-bond acceptors (Lipinski definition) is 2. The van der Waals surface area contributed by atoms with Crippen molar-refractivity contribution in [2.75, 3.05) is 6.61 Å². The van der Waals surface area contributed by atoms with Gasteiger partial charge in [0, 0.05) is 0 Å². The van der Waals surface area contributed by atoms with Crippen molar-refractivity contribution >= 4 is 6.40 Å². The molecule has 2 nitrogen and oxygen atoms in total. The Labute approximate surface area is 49.6 Å². The summed E-state index contributed by atoms with van der Waals surface area (Å²) in [7, 11) is 0. The van der Waals surface area contributed by atoms with Gasteiger partial charge in [-0.25, -0.2) is 4.99 Å². The monoisotopic (exact) mass is 112 g/mol. The highest BCUT2D eigenvalue weighted by Gasteiger charge is 2.15. The van der Waals surface area contributed by atoms with Crippen molar-refractivity contribution in [2.45, 2.75) is 19.9 Å². The average Bonchev–Trinajstić information content (AvgIpc) is 2.12. The van der Waals surface area contributed by atoms with Crippen LogP contribution in [0.5, 0.6) is 0 Å². The molecule has 0 saturated heterocycles. The van der Waals surface area contributed by atoms with Crippen LogP contribution in [0.15, 0.2) is 4.99 Å². The van der Waals surface area contributed by atoms with E-state index in [1.807, 2.05) is 0 Å². The van der Waals surface area contributed by atoms with Crippen molar-refractivity contribution in [1.29, 1.82) is 0 Å². The Hall–Kier alpha value is -0.530. The zero-order valence-corrected chi connectivity index (χ0v) is 5.22. The van der Waals surface area contributed by atoms with Gasteiger partial charge >= 0.3 is 0 Å². The van der Waals surface area contributed by atoms with E-state index in [1.165, 1.54) is 0 Å². The van der Waals surface area contributed by atoms with E-state index in [2.05, 4.69) is 25.2 Å². The van der Waals surface area contributed by atoms with Gasteiger partial charge in [0.1, 0.15) is 6.61 Å². The summed E-state index contributed by atoms with van der Waals surface area (Å²) < 4.78 is 4.80. The zero-order chi connectivity index (χ0) is 5.98. The zero-order valence-electron chi connectivity index (χ0n) is 5.22. The minimum Gasteiger partial charge on any atom is -0.472 e. The Morgan fingerprint density at radius 3 is 2.75 bits per heavy atom. The predicted molar refractivity (Wildman–Crippen MR) is 32.0 cm³/mol. The molecule has 1 aliphatic heterocycles. The molecular weight excluding hydrogens is 102 g/mol. The standard InChI is InChI=1S/C6H10NO/c1-5(2)6-3-8-4-7-6/h5-6H,3H2,1-2H3. The Bertz CT molecular complexity index is 98.7. The maximum absolute atomic E-state index is 4.80. The van der Waals surface area contributed by atoms with E-state index in [0.717, 1.165) is 6.61 Å². The molecule has 45 valence electrons. The smallest absolute Gasteiger partial charge is 0.273 e. The van der Waals surface area contributed by atoms with Crippen LogP contribution in [0, 0.1) is 5.92 Å². The SMILES string of the molecule is CC(C)C1CO[C]=N1. The fourth-order valence-electron chi connectivity index (χ4n) is 0.606. The molecule has 0 aromatic carbocycles. The normalized spacial score (nSPS) is 26.6. The van der Waals surface area contributed by atoms with Gasteiger partial charge in [-0.1, -0.05) is 13.8 Å². The highest BCUT2D eigenvalue weighted by Crippen LogP contribution is 2.09. The lowest BCUT2D eigenvalue weighted by atomic mass is 10.1. The molecule has 8 heavy (non-hydrogen) atoms. The molecule has 0 aromatic heterocycles. The molecule has 0 N–H and O–H groups in total. The molecule has 1 atom stereocenters. The van der Waals surface area contributed by atoms with Crippen molar-refractivity contribution in [3.05, 3.63) is 0 Å². The lowest BCUT2D eigenvalue weighted by Gasteiger charge is -2.06. The maximum atomic E-state index is 4.80. The minimum atomic E-state index is 0.356. The van der Waals surface area contributed by atoms with E-state index in [-0.39, 0.29) is 0 Å². The van der Waals surface area contributed by atoms with Gasteiger partial charge in [0.25, 0.3) is 6.40 Å². The third-order valence-corrected chi connectivity index (χ3v) is 1.31. The molecule has 0 fully saturated rings. The van der Waals surface area contributed by atoms with E-state index in [0.29, 0.717) is 12.0 Å². The number of aliphatic imine (C=N–C) groups is 1. The van der Waals surface area contributed by atoms with E-state index < -0.39 is 0 Å². The Morgan fingerprint density at radius 2 is 2.50 bits per heavy atom.